The molecule has 2 aromatic rings. The predicted octanol–water partition coefficient (Wildman–Crippen LogP) is 3.07. The Labute approximate surface area is 141 Å². The Morgan fingerprint density at radius 1 is 1.21 bits per heavy atom. The topological polar surface area (TPSA) is 51.7 Å². The van der Waals surface area contributed by atoms with Crippen LogP contribution in [0.2, 0.25) is 0 Å². The fourth-order valence-electron chi connectivity index (χ4n) is 3.81. The first-order chi connectivity index (χ1) is 11.7. The summed E-state index contributed by atoms with van der Waals surface area (Å²) in [7, 11) is 3.26. The van der Waals surface area contributed by atoms with E-state index < -0.39 is 0 Å². The molecule has 0 unspecified atom stereocenters. The van der Waals surface area contributed by atoms with Crippen molar-refractivity contribution in [3.63, 3.8) is 0 Å². The molecule has 4 rings (SSSR count). The highest BCUT2D eigenvalue weighted by molar-refractivity contribution is 6.08. The Balaban J connectivity index is 1.72. The van der Waals surface area contributed by atoms with Crippen molar-refractivity contribution in [1.29, 1.82) is 0 Å². The average Bonchev–Trinajstić information content (AvgIpc) is 2.84. The zero-order chi connectivity index (χ0) is 16.7. The van der Waals surface area contributed by atoms with Crippen molar-refractivity contribution in [2.75, 3.05) is 19.1 Å². The summed E-state index contributed by atoms with van der Waals surface area (Å²) in [5.41, 5.74) is 2.69. The molecule has 124 valence electrons. The normalized spacial score (nSPS) is 17.6. The summed E-state index contributed by atoms with van der Waals surface area (Å²) < 4.78 is 10.7. The van der Waals surface area contributed by atoms with Gasteiger partial charge in [0.05, 0.1) is 38.1 Å². The minimum Gasteiger partial charge on any atom is -0.497 e. The highest BCUT2D eigenvalue weighted by atomic mass is 16.5. The Kier molecular flexibility index (Phi) is 3.44. The van der Waals surface area contributed by atoms with Gasteiger partial charge >= 0.3 is 0 Å². The zero-order valence-electron chi connectivity index (χ0n) is 13.9. The van der Waals surface area contributed by atoms with Crippen LogP contribution in [0.1, 0.15) is 30.4 Å². The molecule has 1 aliphatic carbocycles. The van der Waals surface area contributed by atoms with E-state index in [1.54, 1.807) is 26.6 Å². The van der Waals surface area contributed by atoms with Crippen molar-refractivity contribution in [3.8, 4) is 11.5 Å². The first kappa shape index (κ1) is 15.0. The number of amides is 1. The molecule has 2 aliphatic rings. The predicted molar refractivity (Wildman–Crippen MR) is 90.5 cm³/mol. The molecule has 0 atom stereocenters. The number of ether oxygens (including phenoxy) is 2. The van der Waals surface area contributed by atoms with Crippen molar-refractivity contribution in [1.82, 2.24) is 4.98 Å². The number of nitrogens with zero attached hydrogens (tertiary/aromatic N) is 2. The van der Waals surface area contributed by atoms with Gasteiger partial charge in [-0.15, -0.1) is 0 Å². The monoisotopic (exact) mass is 324 g/mol. The van der Waals surface area contributed by atoms with Crippen LogP contribution >= 0.6 is 0 Å². The molecule has 1 fully saturated rings. The summed E-state index contributed by atoms with van der Waals surface area (Å²) in [6.07, 6.45) is 6.55. The van der Waals surface area contributed by atoms with Gasteiger partial charge in [0.2, 0.25) is 5.91 Å². The molecule has 0 saturated heterocycles. The molecule has 2 heterocycles. The van der Waals surface area contributed by atoms with E-state index >= 15 is 0 Å². The maximum absolute atomic E-state index is 13.1. The van der Waals surface area contributed by atoms with Gasteiger partial charge in [0.15, 0.2) is 0 Å². The second kappa shape index (κ2) is 5.51. The quantitative estimate of drug-likeness (QED) is 0.867. The molecular weight excluding hydrogens is 304 g/mol. The van der Waals surface area contributed by atoms with Crippen LogP contribution in [0.3, 0.4) is 0 Å². The molecule has 5 nitrogen and oxygen atoms in total. The third-order valence-corrected chi connectivity index (χ3v) is 5.29. The molecule has 1 amide bonds. The highest BCUT2D eigenvalue weighted by Gasteiger charge is 2.54. The summed E-state index contributed by atoms with van der Waals surface area (Å²) in [5, 5.41) is 0. The van der Waals surface area contributed by atoms with Gasteiger partial charge in [-0.25, -0.2) is 0 Å². The minimum atomic E-state index is -0.321. The van der Waals surface area contributed by atoms with Gasteiger partial charge < -0.3 is 14.4 Å². The lowest BCUT2D eigenvalue weighted by atomic mass is 9.65. The number of carbonyl (C=O) groups excluding carboxylic acids is 1. The number of methoxy groups -OCH3 is 2. The molecule has 5 heteroatoms. The lowest BCUT2D eigenvalue weighted by molar-refractivity contribution is -0.126. The van der Waals surface area contributed by atoms with Gasteiger partial charge in [-0.3, -0.25) is 9.78 Å². The molecule has 24 heavy (non-hydrogen) atoms. The molecule has 1 spiro atoms. The number of hydrogen-bond acceptors (Lipinski definition) is 4. The van der Waals surface area contributed by atoms with E-state index in [-0.39, 0.29) is 11.3 Å². The molecule has 1 aromatic heterocycles. The van der Waals surface area contributed by atoms with Crippen LogP contribution in [-0.2, 0) is 16.8 Å². The number of pyridine rings is 1. The molecule has 0 N–H and O–H groups in total. The molecule has 0 bridgehead atoms. The smallest absolute Gasteiger partial charge is 0.238 e. The first-order valence-corrected chi connectivity index (χ1v) is 8.17. The van der Waals surface area contributed by atoms with Crippen LogP contribution in [0.25, 0.3) is 0 Å². The third kappa shape index (κ3) is 2.00. The van der Waals surface area contributed by atoms with Crippen molar-refractivity contribution in [3.05, 3.63) is 47.8 Å². The first-order valence-electron chi connectivity index (χ1n) is 8.17. The summed E-state index contributed by atoms with van der Waals surface area (Å²) in [5.74, 6) is 1.65. The van der Waals surface area contributed by atoms with E-state index in [1.807, 2.05) is 29.2 Å². The summed E-state index contributed by atoms with van der Waals surface area (Å²) >= 11 is 0. The SMILES string of the molecule is COc1ccc(CN2C(=O)C3(CCC3)c3ccncc32)c(OC)c1. The second-order valence-electron chi connectivity index (χ2n) is 6.40. The molecule has 0 radical (unpaired) electrons. The summed E-state index contributed by atoms with van der Waals surface area (Å²) in [4.78, 5) is 19.2. The number of carbonyl (C=O) groups is 1. The number of anilines is 1. The lowest BCUT2D eigenvalue weighted by Crippen LogP contribution is -2.44. The van der Waals surface area contributed by atoms with Crippen LogP contribution in [0, 0.1) is 0 Å². The van der Waals surface area contributed by atoms with Gasteiger partial charge in [-0.05, 0) is 36.6 Å². The fraction of sp³-hybridized carbons (Fsp3) is 0.368. The van der Waals surface area contributed by atoms with E-state index in [0.717, 1.165) is 47.6 Å². The van der Waals surface area contributed by atoms with Crippen molar-refractivity contribution < 1.29 is 14.3 Å². The number of fused-ring (bicyclic) bond motifs is 2. The van der Waals surface area contributed by atoms with Gasteiger partial charge in [0, 0.05) is 17.8 Å². The largest absolute Gasteiger partial charge is 0.497 e. The Morgan fingerprint density at radius 2 is 2.04 bits per heavy atom. The fourth-order valence-corrected chi connectivity index (χ4v) is 3.81. The Bertz CT molecular complexity index is 799. The van der Waals surface area contributed by atoms with Crippen LogP contribution in [-0.4, -0.2) is 25.1 Å². The van der Waals surface area contributed by atoms with E-state index in [1.165, 1.54) is 0 Å². The van der Waals surface area contributed by atoms with Crippen molar-refractivity contribution in [2.24, 2.45) is 0 Å². The van der Waals surface area contributed by atoms with Crippen LogP contribution in [0.4, 0.5) is 5.69 Å². The maximum atomic E-state index is 13.1. The number of rotatable bonds is 4. The number of hydrogen-bond donors (Lipinski definition) is 0. The van der Waals surface area contributed by atoms with E-state index in [9.17, 15) is 4.79 Å². The van der Waals surface area contributed by atoms with Gasteiger partial charge in [-0.2, -0.15) is 0 Å². The standard InChI is InChI=1S/C19H20N2O3/c1-23-14-5-4-13(17(10-14)24-2)12-21-16-11-20-9-6-15(16)19(18(21)22)7-3-8-19/h4-6,9-11H,3,7-8,12H2,1-2H3. The van der Waals surface area contributed by atoms with Gasteiger partial charge in [0.1, 0.15) is 11.5 Å². The highest BCUT2D eigenvalue weighted by Crippen LogP contribution is 2.53. The van der Waals surface area contributed by atoms with Crippen LogP contribution < -0.4 is 14.4 Å². The number of aromatic nitrogens is 1. The van der Waals surface area contributed by atoms with Crippen LogP contribution in [0.5, 0.6) is 11.5 Å². The minimum absolute atomic E-state index is 0.189. The van der Waals surface area contributed by atoms with E-state index in [4.69, 9.17) is 9.47 Å². The van der Waals surface area contributed by atoms with Gasteiger partial charge in [0.25, 0.3) is 0 Å². The van der Waals surface area contributed by atoms with E-state index in [0.29, 0.717) is 6.54 Å². The van der Waals surface area contributed by atoms with E-state index in [2.05, 4.69) is 4.98 Å². The van der Waals surface area contributed by atoms with Crippen molar-refractivity contribution in [2.45, 2.75) is 31.2 Å². The maximum Gasteiger partial charge on any atom is 0.238 e. The lowest BCUT2D eigenvalue weighted by Gasteiger charge is -2.37. The third-order valence-electron chi connectivity index (χ3n) is 5.29. The summed E-state index contributed by atoms with van der Waals surface area (Å²) in [6.45, 7) is 0.479. The number of benzene rings is 1. The van der Waals surface area contributed by atoms with Crippen molar-refractivity contribution >= 4 is 11.6 Å². The molecular formula is C19H20N2O3. The Hall–Kier alpha value is -2.56. The molecule has 1 aliphatic heterocycles. The molecule has 1 aromatic carbocycles. The second-order valence-corrected chi connectivity index (χ2v) is 6.40. The van der Waals surface area contributed by atoms with Gasteiger partial charge in [-0.1, -0.05) is 6.42 Å². The molecule has 1 saturated carbocycles. The average molecular weight is 324 g/mol. The summed E-state index contributed by atoms with van der Waals surface area (Å²) in [6, 6.07) is 7.69. The zero-order valence-corrected chi connectivity index (χ0v) is 13.9. The van der Waals surface area contributed by atoms with Crippen LogP contribution in [0.15, 0.2) is 36.7 Å². The Morgan fingerprint density at radius 3 is 2.71 bits per heavy atom.